The Hall–Kier alpha value is -3.22. The molecule has 7 nitrogen and oxygen atoms in total. The van der Waals surface area contributed by atoms with Crippen molar-refractivity contribution in [2.24, 2.45) is 5.92 Å². The van der Waals surface area contributed by atoms with Gasteiger partial charge in [-0.15, -0.1) is 0 Å². The van der Waals surface area contributed by atoms with Crippen LogP contribution in [0.15, 0.2) is 30.3 Å². The number of benzene rings is 2. The van der Waals surface area contributed by atoms with Crippen molar-refractivity contribution in [3.63, 3.8) is 0 Å². The molecule has 0 aromatic heterocycles. The van der Waals surface area contributed by atoms with Gasteiger partial charge in [-0.2, -0.15) is 0 Å². The summed E-state index contributed by atoms with van der Waals surface area (Å²) in [5.41, 5.74) is 2.19. The minimum absolute atomic E-state index is 0.0254. The molecule has 1 aliphatic heterocycles. The summed E-state index contributed by atoms with van der Waals surface area (Å²) < 4.78 is 28.3. The van der Waals surface area contributed by atoms with Gasteiger partial charge < -0.3 is 23.7 Å². The Balaban J connectivity index is 1.62. The fraction of sp³-hybridized carbons (Fsp3) is 0.462. The molecular weight excluding hydrogens is 424 g/mol. The van der Waals surface area contributed by atoms with Crippen LogP contribution in [-0.2, 0) is 20.9 Å². The van der Waals surface area contributed by atoms with E-state index in [0.717, 1.165) is 42.4 Å². The van der Waals surface area contributed by atoms with Crippen molar-refractivity contribution in [3.8, 4) is 28.4 Å². The molecule has 0 atom stereocenters. The number of carbonyl (C=O) groups is 2. The summed E-state index contributed by atoms with van der Waals surface area (Å²) in [5.74, 6) is 0.945. The Morgan fingerprint density at radius 3 is 2.45 bits per heavy atom. The highest BCUT2D eigenvalue weighted by molar-refractivity contribution is 5.94. The van der Waals surface area contributed by atoms with Gasteiger partial charge in [-0.05, 0) is 56.5 Å². The molecule has 33 heavy (non-hydrogen) atoms. The first-order valence-electron chi connectivity index (χ1n) is 11.2. The number of ether oxygens (including phenoxy) is 5. The molecule has 0 N–H and O–H groups in total. The van der Waals surface area contributed by atoms with Crippen LogP contribution < -0.4 is 14.2 Å². The van der Waals surface area contributed by atoms with Crippen LogP contribution in [0, 0.1) is 5.92 Å². The lowest BCUT2D eigenvalue weighted by molar-refractivity contribution is -0.164. The van der Waals surface area contributed by atoms with Gasteiger partial charge in [0.1, 0.15) is 18.8 Å². The summed E-state index contributed by atoms with van der Waals surface area (Å²) in [6, 6.07) is 9.22. The molecule has 1 heterocycles. The van der Waals surface area contributed by atoms with Gasteiger partial charge >= 0.3 is 11.9 Å². The van der Waals surface area contributed by atoms with Gasteiger partial charge in [-0.1, -0.05) is 18.9 Å². The number of rotatable bonds is 8. The second kappa shape index (κ2) is 9.33. The predicted molar refractivity (Wildman–Crippen MR) is 122 cm³/mol. The van der Waals surface area contributed by atoms with Crippen LogP contribution in [0.25, 0.3) is 11.1 Å². The SMILES string of the molecule is COc1ccc(-c2ccc3c(c2)COC3=O)c(OCC(C)(C)OC(=O)C2CCCC2)c1OC. The molecule has 4 rings (SSSR count). The number of methoxy groups -OCH3 is 2. The second-order valence-electron chi connectivity index (χ2n) is 9.08. The number of fused-ring (bicyclic) bond motifs is 1. The van der Waals surface area contributed by atoms with E-state index in [1.165, 1.54) is 0 Å². The van der Waals surface area contributed by atoms with E-state index in [9.17, 15) is 9.59 Å². The highest BCUT2D eigenvalue weighted by Crippen LogP contribution is 2.45. The van der Waals surface area contributed by atoms with Crippen molar-refractivity contribution in [2.75, 3.05) is 20.8 Å². The molecule has 1 saturated carbocycles. The minimum Gasteiger partial charge on any atom is -0.493 e. The Bertz CT molecular complexity index is 1050. The number of esters is 2. The highest BCUT2D eigenvalue weighted by Gasteiger charge is 2.32. The largest absolute Gasteiger partial charge is 0.493 e. The molecule has 1 aliphatic carbocycles. The highest BCUT2D eigenvalue weighted by atomic mass is 16.6. The van der Waals surface area contributed by atoms with Gasteiger partial charge in [-0.3, -0.25) is 4.79 Å². The van der Waals surface area contributed by atoms with Gasteiger partial charge in [-0.25, -0.2) is 4.79 Å². The van der Waals surface area contributed by atoms with Crippen molar-refractivity contribution < 1.29 is 33.3 Å². The molecule has 1 fully saturated rings. The summed E-state index contributed by atoms with van der Waals surface area (Å²) in [7, 11) is 3.11. The molecule has 0 amide bonds. The van der Waals surface area contributed by atoms with Crippen molar-refractivity contribution in [3.05, 3.63) is 41.5 Å². The molecule has 176 valence electrons. The van der Waals surface area contributed by atoms with E-state index in [1.807, 2.05) is 32.0 Å². The molecule has 2 aliphatic rings. The third kappa shape index (κ3) is 4.77. The van der Waals surface area contributed by atoms with E-state index in [1.54, 1.807) is 26.4 Å². The van der Waals surface area contributed by atoms with Crippen molar-refractivity contribution in [1.82, 2.24) is 0 Å². The van der Waals surface area contributed by atoms with Crippen LogP contribution in [0.2, 0.25) is 0 Å². The first-order valence-corrected chi connectivity index (χ1v) is 11.2. The zero-order valence-corrected chi connectivity index (χ0v) is 19.6. The van der Waals surface area contributed by atoms with E-state index in [4.69, 9.17) is 23.7 Å². The van der Waals surface area contributed by atoms with Crippen LogP contribution >= 0.6 is 0 Å². The van der Waals surface area contributed by atoms with Crippen molar-refractivity contribution in [2.45, 2.75) is 51.7 Å². The van der Waals surface area contributed by atoms with E-state index in [2.05, 4.69) is 0 Å². The maximum absolute atomic E-state index is 12.6. The van der Waals surface area contributed by atoms with Crippen molar-refractivity contribution >= 4 is 11.9 Å². The summed E-state index contributed by atoms with van der Waals surface area (Å²) in [6.07, 6.45) is 3.90. The topological polar surface area (TPSA) is 80.3 Å². The number of hydrogen-bond donors (Lipinski definition) is 0. The molecule has 7 heteroatoms. The lowest BCUT2D eigenvalue weighted by Crippen LogP contribution is -2.36. The van der Waals surface area contributed by atoms with Gasteiger partial charge in [0.2, 0.25) is 5.75 Å². The van der Waals surface area contributed by atoms with Gasteiger partial charge in [0.15, 0.2) is 11.5 Å². The fourth-order valence-electron chi connectivity index (χ4n) is 4.36. The normalized spacial score (nSPS) is 15.7. The number of cyclic esters (lactones) is 1. The first-order chi connectivity index (χ1) is 15.8. The van der Waals surface area contributed by atoms with Gasteiger partial charge in [0, 0.05) is 11.1 Å². The third-order valence-corrected chi connectivity index (χ3v) is 6.12. The maximum atomic E-state index is 12.6. The Labute approximate surface area is 193 Å². The zero-order valence-electron chi connectivity index (χ0n) is 19.6. The Morgan fingerprint density at radius 2 is 1.76 bits per heavy atom. The average Bonchev–Trinajstić information content (AvgIpc) is 3.47. The molecule has 2 aromatic carbocycles. The number of carbonyl (C=O) groups excluding carboxylic acids is 2. The molecule has 0 radical (unpaired) electrons. The maximum Gasteiger partial charge on any atom is 0.338 e. The average molecular weight is 455 g/mol. The summed E-state index contributed by atoms with van der Waals surface area (Å²) in [4.78, 5) is 24.4. The first kappa shape index (κ1) is 23.0. The van der Waals surface area contributed by atoms with Crippen LogP contribution in [-0.4, -0.2) is 38.4 Å². The Morgan fingerprint density at radius 1 is 1.03 bits per heavy atom. The molecule has 2 aromatic rings. The van der Waals surface area contributed by atoms with Crippen LogP contribution in [0.4, 0.5) is 0 Å². The van der Waals surface area contributed by atoms with Crippen LogP contribution in [0.1, 0.15) is 55.5 Å². The second-order valence-corrected chi connectivity index (χ2v) is 9.08. The van der Waals surface area contributed by atoms with Crippen molar-refractivity contribution in [1.29, 1.82) is 0 Å². The molecule has 0 spiro atoms. The summed E-state index contributed by atoms with van der Waals surface area (Å²) >= 11 is 0. The third-order valence-electron chi connectivity index (χ3n) is 6.12. The molecule has 0 unspecified atom stereocenters. The molecule has 0 saturated heterocycles. The smallest absolute Gasteiger partial charge is 0.338 e. The summed E-state index contributed by atoms with van der Waals surface area (Å²) in [6.45, 7) is 4.05. The van der Waals surface area contributed by atoms with E-state index in [-0.39, 0.29) is 31.1 Å². The molecule has 0 bridgehead atoms. The zero-order chi connectivity index (χ0) is 23.6. The lowest BCUT2D eigenvalue weighted by Gasteiger charge is -2.28. The summed E-state index contributed by atoms with van der Waals surface area (Å²) in [5, 5.41) is 0. The van der Waals surface area contributed by atoms with E-state index >= 15 is 0 Å². The van der Waals surface area contributed by atoms with Crippen LogP contribution in [0.5, 0.6) is 17.2 Å². The Kier molecular flexibility index (Phi) is 6.49. The number of hydrogen-bond acceptors (Lipinski definition) is 7. The monoisotopic (exact) mass is 454 g/mol. The standard InChI is InChI=1S/C26H30O7/c1-26(2,33-24(27)16-7-5-6-8-16)15-32-22-19(11-12-21(29-3)23(22)30-4)17-9-10-20-18(13-17)14-31-25(20)28/h9-13,16H,5-8,14-15H2,1-4H3. The van der Waals surface area contributed by atoms with Crippen LogP contribution in [0.3, 0.4) is 0 Å². The minimum atomic E-state index is -0.830. The van der Waals surface area contributed by atoms with Gasteiger partial charge in [0.25, 0.3) is 0 Å². The lowest BCUT2D eigenvalue weighted by atomic mass is 9.99. The molecular formula is C26H30O7. The fourth-order valence-corrected chi connectivity index (χ4v) is 4.36. The van der Waals surface area contributed by atoms with E-state index in [0.29, 0.717) is 22.8 Å². The predicted octanol–water partition coefficient (Wildman–Crippen LogP) is 4.93. The van der Waals surface area contributed by atoms with E-state index < -0.39 is 5.60 Å². The quantitative estimate of drug-likeness (QED) is 0.523. The van der Waals surface area contributed by atoms with Gasteiger partial charge in [0.05, 0.1) is 25.7 Å².